The Balaban J connectivity index is 2.15. The molecule has 0 saturated carbocycles. The van der Waals surface area contributed by atoms with Crippen molar-refractivity contribution in [2.45, 2.75) is 43.1 Å². The molecule has 0 spiro atoms. The van der Waals surface area contributed by atoms with Gasteiger partial charge in [-0.3, -0.25) is 0 Å². The monoisotopic (exact) mass is 307 g/mol. The van der Waals surface area contributed by atoms with Crippen LogP contribution in [0.3, 0.4) is 0 Å². The second-order valence-electron chi connectivity index (χ2n) is 5.31. The maximum atomic E-state index is 13.7. The molecule has 0 bridgehead atoms. The zero-order chi connectivity index (χ0) is 15.4. The molecule has 1 N–H and O–H groups in total. The number of rotatable bonds is 5. The van der Waals surface area contributed by atoms with E-state index in [1.165, 1.54) is 23.4 Å². The minimum Gasteiger partial charge on any atom is -0.310 e. The molecule has 0 aliphatic rings. The molecule has 0 heterocycles. The zero-order valence-electron chi connectivity index (χ0n) is 12.4. The third-order valence-corrected chi connectivity index (χ3v) is 4.28. The Bertz CT molecular complexity index is 626. The van der Waals surface area contributed by atoms with Gasteiger partial charge < -0.3 is 5.32 Å². The molecule has 0 saturated heterocycles. The van der Waals surface area contributed by atoms with E-state index in [2.05, 4.69) is 25.2 Å². The van der Waals surface area contributed by atoms with Crippen LogP contribution in [-0.2, 0) is 6.54 Å². The average molecular weight is 307 g/mol. The molecule has 0 radical (unpaired) electrons. The topological polar surface area (TPSA) is 12.0 Å². The second kappa shape index (κ2) is 7.05. The van der Waals surface area contributed by atoms with Crippen molar-refractivity contribution in [3.63, 3.8) is 0 Å². The van der Waals surface area contributed by atoms with Crippen molar-refractivity contribution in [1.29, 1.82) is 0 Å². The molecular formula is C17H19F2NS. The van der Waals surface area contributed by atoms with Crippen LogP contribution in [0, 0.1) is 18.6 Å². The standard InChI is InChI=1S/C17H19F2NS/c1-11(2)20-10-13-4-7-16(12(3)8-13)21-17-9-14(18)5-6-15(17)19/h4-9,11,20H,10H2,1-3H3. The number of hydrogen-bond acceptors (Lipinski definition) is 2. The SMILES string of the molecule is Cc1cc(CNC(C)C)ccc1Sc1cc(F)ccc1F. The maximum Gasteiger partial charge on any atom is 0.137 e. The first kappa shape index (κ1) is 16.0. The summed E-state index contributed by atoms with van der Waals surface area (Å²) in [7, 11) is 0. The molecule has 2 aromatic carbocycles. The van der Waals surface area contributed by atoms with E-state index in [9.17, 15) is 8.78 Å². The number of aryl methyl sites for hydroxylation is 1. The highest BCUT2D eigenvalue weighted by atomic mass is 32.2. The van der Waals surface area contributed by atoms with E-state index in [0.29, 0.717) is 10.9 Å². The summed E-state index contributed by atoms with van der Waals surface area (Å²) in [6, 6.07) is 10.0. The molecule has 112 valence electrons. The summed E-state index contributed by atoms with van der Waals surface area (Å²) in [6.45, 7) is 6.99. The molecule has 0 unspecified atom stereocenters. The third-order valence-electron chi connectivity index (χ3n) is 3.07. The normalized spacial score (nSPS) is 11.1. The van der Waals surface area contributed by atoms with Gasteiger partial charge in [0.15, 0.2) is 0 Å². The fourth-order valence-corrected chi connectivity index (χ4v) is 2.86. The minimum atomic E-state index is -0.422. The van der Waals surface area contributed by atoms with Gasteiger partial charge in [-0.2, -0.15) is 0 Å². The molecular weight excluding hydrogens is 288 g/mol. The van der Waals surface area contributed by atoms with Crippen LogP contribution in [-0.4, -0.2) is 6.04 Å². The van der Waals surface area contributed by atoms with Crippen LogP contribution in [0.25, 0.3) is 0 Å². The van der Waals surface area contributed by atoms with Gasteiger partial charge in [0.2, 0.25) is 0 Å². The fraction of sp³-hybridized carbons (Fsp3) is 0.294. The summed E-state index contributed by atoms with van der Waals surface area (Å²) in [5.41, 5.74) is 2.25. The summed E-state index contributed by atoms with van der Waals surface area (Å²) in [4.78, 5) is 1.25. The first-order valence-corrected chi connectivity index (χ1v) is 7.73. The van der Waals surface area contributed by atoms with Crippen molar-refractivity contribution < 1.29 is 8.78 Å². The van der Waals surface area contributed by atoms with E-state index in [1.807, 2.05) is 19.1 Å². The smallest absolute Gasteiger partial charge is 0.137 e. The van der Waals surface area contributed by atoms with Crippen LogP contribution in [0.5, 0.6) is 0 Å². The number of nitrogens with one attached hydrogen (secondary N) is 1. The summed E-state index contributed by atoms with van der Waals surface area (Å²) < 4.78 is 26.9. The third kappa shape index (κ3) is 4.55. The van der Waals surface area contributed by atoms with Crippen LogP contribution < -0.4 is 5.32 Å². The quantitative estimate of drug-likeness (QED) is 0.841. The van der Waals surface area contributed by atoms with Gasteiger partial charge in [0, 0.05) is 17.5 Å². The Morgan fingerprint density at radius 3 is 2.48 bits per heavy atom. The lowest BCUT2D eigenvalue weighted by molar-refractivity contribution is 0.577. The summed E-state index contributed by atoms with van der Waals surface area (Å²) >= 11 is 1.25. The number of hydrogen-bond donors (Lipinski definition) is 1. The van der Waals surface area contributed by atoms with E-state index in [0.717, 1.165) is 29.1 Å². The average Bonchev–Trinajstić information content (AvgIpc) is 2.43. The van der Waals surface area contributed by atoms with Crippen LogP contribution in [0.1, 0.15) is 25.0 Å². The molecule has 2 rings (SSSR count). The Labute approximate surface area is 128 Å². The summed E-state index contributed by atoms with van der Waals surface area (Å²) in [5, 5.41) is 3.36. The summed E-state index contributed by atoms with van der Waals surface area (Å²) in [5.74, 6) is -0.819. The molecule has 21 heavy (non-hydrogen) atoms. The second-order valence-corrected chi connectivity index (χ2v) is 6.40. The fourth-order valence-electron chi connectivity index (χ4n) is 1.93. The molecule has 2 aromatic rings. The lowest BCUT2D eigenvalue weighted by atomic mass is 10.1. The van der Waals surface area contributed by atoms with Crippen LogP contribution in [0.15, 0.2) is 46.2 Å². The predicted octanol–water partition coefficient (Wildman–Crippen LogP) is 4.92. The molecule has 1 nitrogen and oxygen atoms in total. The zero-order valence-corrected chi connectivity index (χ0v) is 13.2. The minimum absolute atomic E-state index is 0.311. The van der Waals surface area contributed by atoms with Crippen molar-refractivity contribution >= 4 is 11.8 Å². The van der Waals surface area contributed by atoms with Gasteiger partial charge in [-0.25, -0.2) is 8.78 Å². The van der Waals surface area contributed by atoms with Crippen molar-refractivity contribution in [2.24, 2.45) is 0 Å². The predicted molar refractivity (Wildman–Crippen MR) is 83.6 cm³/mol. The highest BCUT2D eigenvalue weighted by molar-refractivity contribution is 7.99. The van der Waals surface area contributed by atoms with Crippen molar-refractivity contribution in [1.82, 2.24) is 5.32 Å². The van der Waals surface area contributed by atoms with Crippen LogP contribution >= 0.6 is 11.8 Å². The molecule has 0 amide bonds. The van der Waals surface area contributed by atoms with E-state index >= 15 is 0 Å². The van der Waals surface area contributed by atoms with Crippen LogP contribution in [0.4, 0.5) is 8.78 Å². The van der Waals surface area contributed by atoms with Crippen molar-refractivity contribution in [3.8, 4) is 0 Å². The first-order chi connectivity index (χ1) is 9.95. The molecule has 0 aromatic heterocycles. The van der Waals surface area contributed by atoms with E-state index < -0.39 is 11.6 Å². The maximum absolute atomic E-state index is 13.7. The Morgan fingerprint density at radius 2 is 1.81 bits per heavy atom. The molecule has 0 atom stereocenters. The van der Waals surface area contributed by atoms with Gasteiger partial charge >= 0.3 is 0 Å². The van der Waals surface area contributed by atoms with Gasteiger partial charge in [0.25, 0.3) is 0 Å². The largest absolute Gasteiger partial charge is 0.310 e. The van der Waals surface area contributed by atoms with Crippen molar-refractivity contribution in [2.75, 3.05) is 0 Å². The Morgan fingerprint density at radius 1 is 1.05 bits per heavy atom. The van der Waals surface area contributed by atoms with E-state index in [-0.39, 0.29) is 0 Å². The lowest BCUT2D eigenvalue weighted by Gasteiger charge is -2.11. The molecule has 0 aliphatic heterocycles. The molecule has 0 aliphatic carbocycles. The molecule has 0 fully saturated rings. The first-order valence-electron chi connectivity index (χ1n) is 6.91. The van der Waals surface area contributed by atoms with Gasteiger partial charge in [0.05, 0.1) is 4.90 Å². The van der Waals surface area contributed by atoms with Crippen LogP contribution in [0.2, 0.25) is 0 Å². The Kier molecular flexibility index (Phi) is 5.37. The highest BCUT2D eigenvalue weighted by Crippen LogP contribution is 2.32. The highest BCUT2D eigenvalue weighted by Gasteiger charge is 2.08. The van der Waals surface area contributed by atoms with E-state index in [1.54, 1.807) is 0 Å². The van der Waals surface area contributed by atoms with Gasteiger partial charge in [0.1, 0.15) is 11.6 Å². The van der Waals surface area contributed by atoms with Gasteiger partial charge in [-0.15, -0.1) is 0 Å². The van der Waals surface area contributed by atoms with Gasteiger partial charge in [-0.1, -0.05) is 37.7 Å². The Hall–Kier alpha value is -1.39. The number of benzene rings is 2. The van der Waals surface area contributed by atoms with E-state index in [4.69, 9.17) is 0 Å². The lowest BCUT2D eigenvalue weighted by Crippen LogP contribution is -2.21. The summed E-state index contributed by atoms with van der Waals surface area (Å²) in [6.07, 6.45) is 0. The molecule has 4 heteroatoms. The van der Waals surface area contributed by atoms with Gasteiger partial charge in [-0.05, 0) is 42.3 Å². The number of halogens is 2. The van der Waals surface area contributed by atoms with Crippen molar-refractivity contribution in [3.05, 3.63) is 59.2 Å².